The van der Waals surface area contributed by atoms with E-state index in [2.05, 4.69) is 450 Å². The monoisotopic (exact) mass is 1520 g/mol. The van der Waals surface area contributed by atoms with Gasteiger partial charge < -0.3 is 19.4 Å². The van der Waals surface area contributed by atoms with Crippen molar-refractivity contribution in [2.75, 3.05) is 10.2 Å². The third-order valence-electron chi connectivity index (χ3n) is 21.9. The maximum atomic E-state index is 3.53. The van der Waals surface area contributed by atoms with Crippen molar-refractivity contribution < 1.29 is 0 Å². The Hall–Kier alpha value is -12.1. The Morgan fingerprint density at radius 1 is 0.243 bits per heavy atom. The molecular formula is C100H77IN4Si2. The summed E-state index contributed by atoms with van der Waals surface area (Å²) in [6.07, 6.45) is 0. The van der Waals surface area contributed by atoms with E-state index >= 15 is 0 Å². The summed E-state index contributed by atoms with van der Waals surface area (Å²) in [7, 11) is -3.17. The molecule has 1 N–H and O–H groups in total. The number of hydrogen-bond donors (Lipinski definition) is 1. The van der Waals surface area contributed by atoms with Gasteiger partial charge in [-0.25, -0.2) is 0 Å². The lowest BCUT2D eigenvalue weighted by molar-refractivity contribution is 1.18. The first kappa shape index (κ1) is 66.8. The van der Waals surface area contributed by atoms with Gasteiger partial charge in [-0.05, 0) is 244 Å². The highest BCUT2D eigenvalue weighted by Crippen LogP contribution is 2.43. The topological polar surface area (TPSA) is 25.1 Å². The average molecular weight is 1520 g/mol. The lowest BCUT2D eigenvalue weighted by Gasteiger charge is -2.27. The lowest BCUT2D eigenvalue weighted by Crippen LogP contribution is -2.49. The Balaban J connectivity index is 0.000000129. The van der Waals surface area contributed by atoms with Gasteiger partial charge >= 0.3 is 0 Å². The van der Waals surface area contributed by atoms with Crippen LogP contribution in [0.2, 0.25) is 26.2 Å². The highest BCUT2D eigenvalue weighted by molar-refractivity contribution is 14.1. The van der Waals surface area contributed by atoms with Crippen LogP contribution in [-0.2, 0) is 0 Å². The van der Waals surface area contributed by atoms with E-state index in [1.165, 1.54) is 141 Å². The average Bonchev–Trinajstić information content (AvgIpc) is 1.65. The Morgan fingerprint density at radius 3 is 1.01 bits per heavy atom. The van der Waals surface area contributed by atoms with Crippen molar-refractivity contribution >= 4 is 132 Å². The molecule has 18 aromatic rings. The second kappa shape index (κ2) is 28.1. The summed E-state index contributed by atoms with van der Waals surface area (Å²) >= 11 is 2.40. The molecule has 2 aliphatic rings. The molecule has 16 aromatic carbocycles. The molecule has 0 bridgehead atoms. The zero-order valence-corrected chi connectivity index (χ0v) is 64.3. The van der Waals surface area contributed by atoms with Gasteiger partial charge in [0, 0.05) is 64.9 Å². The van der Waals surface area contributed by atoms with E-state index in [4.69, 9.17) is 0 Å². The quantitative estimate of drug-likeness (QED) is 0.103. The summed E-state index contributed by atoms with van der Waals surface area (Å²) in [5.41, 5.74) is 28.2. The SMILES string of the molecule is C[Si]1(C)c2ccccc2-c2cc(I)ccc21.C[Si]1(C)c2ccccc2-c2cc(N(c3ccc(-c4ccccc4)cc3)c3ccc(-c4ccc5c(c4)c4ccccc4n5-c4ccccc4)cc3)ccc21.c1ccc(-c2ccc(Nc3ccc(-c4ccc5c(c4)c4ccccc4n5-c4ccccc4)cc3)cc2)cc1. The molecule has 0 saturated carbocycles. The molecule has 0 saturated heterocycles. The van der Waals surface area contributed by atoms with Crippen LogP contribution in [0.3, 0.4) is 0 Å². The van der Waals surface area contributed by atoms with Crippen molar-refractivity contribution in [1.82, 2.24) is 9.13 Å². The highest BCUT2D eigenvalue weighted by Gasteiger charge is 2.38. The first-order valence-corrected chi connectivity index (χ1v) is 44.0. The number of fused-ring (bicyclic) bond motifs is 12. The molecule has 0 radical (unpaired) electrons. The number of benzene rings is 16. The third-order valence-corrected chi connectivity index (χ3v) is 29.7. The van der Waals surface area contributed by atoms with Crippen molar-refractivity contribution in [1.29, 1.82) is 0 Å². The molecule has 107 heavy (non-hydrogen) atoms. The number of para-hydroxylation sites is 4. The van der Waals surface area contributed by atoms with Crippen molar-refractivity contribution in [2.24, 2.45) is 0 Å². The molecule has 4 nitrogen and oxygen atoms in total. The molecule has 512 valence electrons. The van der Waals surface area contributed by atoms with Gasteiger partial charge in [0.2, 0.25) is 0 Å². The molecule has 0 unspecified atom stereocenters. The maximum absolute atomic E-state index is 3.53. The van der Waals surface area contributed by atoms with Crippen LogP contribution in [0.1, 0.15) is 0 Å². The van der Waals surface area contributed by atoms with Crippen LogP contribution < -0.4 is 31.0 Å². The standard InChI is InChI=1S/C50H38N2Si.C36H26N2.C14H13ISi/c1-53(2)49-20-12-10-18-44(49)46-34-42(30-32-50(46)53)51(40-26-21-36(22-27-40)35-13-5-3-6-14-35)41-28-23-37(24-29-41)38-25-31-48-45(33-38)43-17-9-11-19-47(43)52(48)39-15-7-4-8-16-39;1-3-9-26(10-4-1)27-15-20-30(21-16-27)37-31-22-17-28(18-23-31)29-19-24-36-34(25-29)33-13-7-8-14-35(33)38(36)32-11-5-2-6-12-32;1-16(2)13-6-4-3-5-11(13)12-9-10(15)7-8-14(12)16/h3-34H,1-2H3;1-25,37H;3-9H,1-2H3. The normalized spacial score (nSPS) is 12.7. The fraction of sp³-hybridized carbons (Fsp3) is 0.0400. The van der Waals surface area contributed by atoms with Crippen molar-refractivity contribution in [3.63, 3.8) is 0 Å². The predicted octanol–water partition coefficient (Wildman–Crippen LogP) is 25.3. The van der Waals surface area contributed by atoms with Gasteiger partial charge in [-0.2, -0.15) is 0 Å². The van der Waals surface area contributed by atoms with Gasteiger partial charge in [0.15, 0.2) is 0 Å². The van der Waals surface area contributed by atoms with E-state index in [1.54, 1.807) is 10.4 Å². The molecule has 2 aliphatic heterocycles. The van der Waals surface area contributed by atoms with Crippen LogP contribution in [0.4, 0.5) is 28.4 Å². The van der Waals surface area contributed by atoms with E-state index in [0.717, 1.165) is 22.7 Å². The van der Waals surface area contributed by atoms with E-state index in [0.29, 0.717) is 0 Å². The molecule has 0 amide bonds. The molecule has 0 spiro atoms. The minimum absolute atomic E-state index is 1.07. The maximum Gasteiger partial charge on any atom is 0.113 e. The first-order valence-electron chi connectivity index (χ1n) is 36.9. The number of nitrogens with zero attached hydrogens (tertiary/aromatic N) is 3. The summed E-state index contributed by atoms with van der Waals surface area (Å²) in [5.74, 6) is 0. The highest BCUT2D eigenvalue weighted by atomic mass is 127. The number of halogens is 1. The summed E-state index contributed by atoms with van der Waals surface area (Å²) < 4.78 is 6.06. The van der Waals surface area contributed by atoms with Crippen LogP contribution in [0.15, 0.2) is 388 Å². The van der Waals surface area contributed by atoms with Crippen LogP contribution in [-0.4, -0.2) is 25.3 Å². The molecule has 20 rings (SSSR count). The Morgan fingerprint density at radius 2 is 0.561 bits per heavy atom. The molecule has 7 heteroatoms. The summed E-state index contributed by atoms with van der Waals surface area (Å²) in [6.45, 7) is 9.86. The Labute approximate surface area is 642 Å². The minimum atomic E-state index is -1.76. The van der Waals surface area contributed by atoms with Crippen molar-refractivity contribution in [3.8, 4) is 78.1 Å². The Bertz CT molecular complexity index is 6310. The molecule has 0 aliphatic carbocycles. The van der Waals surface area contributed by atoms with Crippen LogP contribution in [0.25, 0.3) is 122 Å². The fourth-order valence-corrected chi connectivity index (χ4v) is 23.2. The van der Waals surface area contributed by atoms with E-state index in [1.807, 2.05) is 6.07 Å². The predicted molar refractivity (Wildman–Crippen MR) is 471 cm³/mol. The molecule has 2 aromatic heterocycles. The number of hydrogen-bond acceptors (Lipinski definition) is 2. The largest absolute Gasteiger partial charge is 0.356 e. The zero-order valence-electron chi connectivity index (χ0n) is 60.2. The molecular weight excluding hydrogens is 1440 g/mol. The first-order chi connectivity index (χ1) is 52.5. The van der Waals surface area contributed by atoms with E-state index < -0.39 is 16.1 Å². The minimum Gasteiger partial charge on any atom is -0.356 e. The van der Waals surface area contributed by atoms with E-state index in [-0.39, 0.29) is 0 Å². The summed E-state index contributed by atoms with van der Waals surface area (Å²) in [6, 6.07) is 141. The van der Waals surface area contributed by atoms with Gasteiger partial charge in [0.05, 0.1) is 22.1 Å². The summed E-state index contributed by atoms with van der Waals surface area (Å²) in [5, 5.41) is 14.8. The lowest BCUT2D eigenvalue weighted by atomic mass is 10.0. The van der Waals surface area contributed by atoms with Gasteiger partial charge in [-0.15, -0.1) is 0 Å². The van der Waals surface area contributed by atoms with E-state index in [9.17, 15) is 0 Å². The fourth-order valence-electron chi connectivity index (χ4n) is 16.5. The molecule has 4 heterocycles. The number of aromatic nitrogens is 2. The van der Waals surface area contributed by atoms with Crippen molar-refractivity contribution in [2.45, 2.75) is 26.2 Å². The number of anilines is 5. The van der Waals surface area contributed by atoms with Crippen LogP contribution in [0.5, 0.6) is 0 Å². The van der Waals surface area contributed by atoms with Crippen LogP contribution in [0, 0.1) is 3.57 Å². The molecule has 0 atom stereocenters. The van der Waals surface area contributed by atoms with Crippen molar-refractivity contribution in [3.05, 3.63) is 392 Å². The van der Waals surface area contributed by atoms with Gasteiger partial charge in [0.1, 0.15) is 16.1 Å². The smallest absolute Gasteiger partial charge is 0.113 e. The van der Waals surface area contributed by atoms with Gasteiger partial charge in [-0.1, -0.05) is 281 Å². The molecule has 0 fully saturated rings. The number of rotatable bonds is 11. The number of nitrogens with one attached hydrogen (secondary N) is 1. The third kappa shape index (κ3) is 12.5. The Kier molecular flexibility index (Phi) is 17.5. The second-order valence-electron chi connectivity index (χ2n) is 29.0. The second-order valence-corrected chi connectivity index (χ2v) is 38.9. The van der Waals surface area contributed by atoms with Gasteiger partial charge in [-0.3, -0.25) is 0 Å². The zero-order chi connectivity index (χ0) is 72.2. The van der Waals surface area contributed by atoms with Crippen LogP contribution >= 0.6 is 22.6 Å². The van der Waals surface area contributed by atoms with Gasteiger partial charge in [0.25, 0.3) is 0 Å². The summed E-state index contributed by atoms with van der Waals surface area (Å²) in [4.78, 5) is 2.41.